The zero-order valence-corrected chi connectivity index (χ0v) is 13.9. The molecule has 22 heavy (non-hydrogen) atoms. The molecule has 1 aliphatic rings. The standard InChI is InChI=1S/C15H16N2O3S2/c1-10(2)9-20-13(18)8-17-14(19)12(22-15(17)21)7-11-3-5-16-6-4-11/h3-7,10H,8-9H2,1-2H3/b12-7-. The van der Waals surface area contributed by atoms with Crippen LogP contribution in [0, 0.1) is 5.92 Å². The molecule has 1 aliphatic heterocycles. The predicted molar refractivity (Wildman–Crippen MR) is 89.9 cm³/mol. The summed E-state index contributed by atoms with van der Waals surface area (Å²) < 4.78 is 5.45. The maximum atomic E-state index is 12.3. The third-order valence-corrected chi connectivity index (χ3v) is 4.12. The highest BCUT2D eigenvalue weighted by molar-refractivity contribution is 8.26. The number of hydrogen-bond acceptors (Lipinski definition) is 6. The predicted octanol–water partition coefficient (Wildman–Crippen LogP) is 2.48. The van der Waals surface area contributed by atoms with Gasteiger partial charge in [0.15, 0.2) is 0 Å². The Morgan fingerprint density at radius 1 is 1.45 bits per heavy atom. The second-order valence-corrected chi connectivity index (χ2v) is 6.80. The molecule has 2 rings (SSSR count). The van der Waals surface area contributed by atoms with E-state index in [1.807, 2.05) is 13.8 Å². The number of amides is 1. The second-order valence-electron chi connectivity index (χ2n) is 5.13. The Balaban J connectivity index is 2.03. The number of pyridine rings is 1. The van der Waals surface area contributed by atoms with Gasteiger partial charge in [-0.15, -0.1) is 0 Å². The van der Waals surface area contributed by atoms with Crippen LogP contribution in [0.4, 0.5) is 0 Å². The molecule has 1 amide bonds. The van der Waals surface area contributed by atoms with E-state index in [0.717, 1.165) is 5.56 Å². The van der Waals surface area contributed by atoms with Crippen molar-refractivity contribution in [1.82, 2.24) is 9.88 Å². The molecule has 0 atom stereocenters. The number of rotatable bonds is 5. The number of thioether (sulfide) groups is 1. The number of esters is 1. The van der Waals surface area contributed by atoms with Crippen LogP contribution in [0.5, 0.6) is 0 Å². The maximum absolute atomic E-state index is 12.3. The van der Waals surface area contributed by atoms with E-state index >= 15 is 0 Å². The molecule has 0 aliphatic carbocycles. The molecule has 116 valence electrons. The van der Waals surface area contributed by atoms with E-state index in [0.29, 0.717) is 15.8 Å². The van der Waals surface area contributed by atoms with Crippen molar-refractivity contribution >= 4 is 46.3 Å². The van der Waals surface area contributed by atoms with Crippen LogP contribution in [0.15, 0.2) is 29.4 Å². The first kappa shape index (κ1) is 16.6. The summed E-state index contributed by atoms with van der Waals surface area (Å²) in [6.45, 7) is 4.08. The Bertz CT molecular complexity index is 614. The minimum absolute atomic E-state index is 0.148. The summed E-state index contributed by atoms with van der Waals surface area (Å²) in [4.78, 5) is 29.8. The van der Waals surface area contributed by atoms with Crippen LogP contribution in [-0.4, -0.2) is 39.2 Å². The molecule has 1 saturated heterocycles. The van der Waals surface area contributed by atoms with Gasteiger partial charge >= 0.3 is 5.97 Å². The van der Waals surface area contributed by atoms with Crippen molar-refractivity contribution in [2.75, 3.05) is 13.2 Å². The second kappa shape index (κ2) is 7.51. The maximum Gasteiger partial charge on any atom is 0.326 e. The van der Waals surface area contributed by atoms with Gasteiger partial charge in [0.25, 0.3) is 5.91 Å². The quantitative estimate of drug-likeness (QED) is 0.468. The molecule has 0 radical (unpaired) electrons. The number of hydrogen-bond donors (Lipinski definition) is 0. The van der Waals surface area contributed by atoms with E-state index in [9.17, 15) is 9.59 Å². The van der Waals surface area contributed by atoms with Gasteiger partial charge in [0.05, 0.1) is 11.5 Å². The fourth-order valence-corrected chi connectivity index (χ4v) is 2.94. The molecule has 2 heterocycles. The zero-order chi connectivity index (χ0) is 16.1. The molecule has 5 nitrogen and oxygen atoms in total. The lowest BCUT2D eigenvalue weighted by atomic mass is 10.2. The minimum Gasteiger partial charge on any atom is -0.464 e. The summed E-state index contributed by atoms with van der Waals surface area (Å²) in [7, 11) is 0. The lowest BCUT2D eigenvalue weighted by molar-refractivity contribution is -0.147. The van der Waals surface area contributed by atoms with Crippen molar-refractivity contribution in [3.8, 4) is 0 Å². The summed E-state index contributed by atoms with van der Waals surface area (Å²) >= 11 is 6.36. The van der Waals surface area contributed by atoms with Gasteiger partial charge < -0.3 is 4.74 Å². The van der Waals surface area contributed by atoms with Crippen molar-refractivity contribution in [2.45, 2.75) is 13.8 Å². The largest absolute Gasteiger partial charge is 0.464 e. The third kappa shape index (κ3) is 4.38. The summed E-state index contributed by atoms with van der Waals surface area (Å²) in [5, 5.41) is 0. The minimum atomic E-state index is -0.449. The highest BCUT2D eigenvalue weighted by Crippen LogP contribution is 2.32. The average molecular weight is 336 g/mol. The molecule has 0 N–H and O–H groups in total. The first-order chi connectivity index (χ1) is 10.5. The van der Waals surface area contributed by atoms with Crippen LogP contribution in [0.25, 0.3) is 6.08 Å². The summed E-state index contributed by atoms with van der Waals surface area (Å²) in [6.07, 6.45) is 5.03. The van der Waals surface area contributed by atoms with Gasteiger partial charge in [0.1, 0.15) is 10.9 Å². The van der Waals surface area contributed by atoms with Crippen LogP contribution in [0.3, 0.4) is 0 Å². The lowest BCUT2D eigenvalue weighted by Crippen LogP contribution is -2.34. The Kier molecular flexibility index (Phi) is 5.68. The van der Waals surface area contributed by atoms with Gasteiger partial charge in [-0.05, 0) is 29.7 Å². The fourth-order valence-electron chi connectivity index (χ4n) is 1.68. The van der Waals surface area contributed by atoms with Crippen molar-refractivity contribution in [1.29, 1.82) is 0 Å². The molecule has 0 saturated carbocycles. The molecule has 1 fully saturated rings. The van der Waals surface area contributed by atoms with Crippen LogP contribution in [-0.2, 0) is 14.3 Å². The van der Waals surface area contributed by atoms with Crippen molar-refractivity contribution in [3.05, 3.63) is 35.0 Å². The highest BCUT2D eigenvalue weighted by atomic mass is 32.2. The van der Waals surface area contributed by atoms with E-state index in [1.54, 1.807) is 30.6 Å². The molecular weight excluding hydrogens is 320 g/mol. The number of nitrogens with zero attached hydrogens (tertiary/aromatic N) is 2. The SMILES string of the molecule is CC(C)COC(=O)CN1C(=O)/C(=C/c2ccncc2)SC1=S. The molecule has 1 aromatic rings. The molecule has 0 unspecified atom stereocenters. The number of carbonyl (C=O) groups excluding carboxylic acids is 2. The lowest BCUT2D eigenvalue weighted by Gasteiger charge is -2.14. The number of carbonyl (C=O) groups is 2. The number of aromatic nitrogens is 1. The van der Waals surface area contributed by atoms with Crippen LogP contribution in [0.1, 0.15) is 19.4 Å². The molecule has 0 bridgehead atoms. The normalized spacial score (nSPS) is 16.7. The Morgan fingerprint density at radius 2 is 2.14 bits per heavy atom. The van der Waals surface area contributed by atoms with Gasteiger partial charge in [-0.2, -0.15) is 0 Å². The van der Waals surface area contributed by atoms with Crippen molar-refractivity contribution in [2.24, 2.45) is 5.92 Å². The summed E-state index contributed by atoms with van der Waals surface area (Å²) in [5.41, 5.74) is 0.859. The number of thiocarbonyl (C=S) groups is 1. The average Bonchev–Trinajstić information content (AvgIpc) is 2.74. The zero-order valence-electron chi connectivity index (χ0n) is 12.3. The molecular formula is C15H16N2O3S2. The molecule has 0 spiro atoms. The first-order valence-electron chi connectivity index (χ1n) is 6.78. The van der Waals surface area contributed by atoms with Gasteiger partial charge in [0, 0.05) is 12.4 Å². The highest BCUT2D eigenvalue weighted by Gasteiger charge is 2.33. The van der Waals surface area contributed by atoms with Crippen LogP contribution < -0.4 is 0 Å². The van der Waals surface area contributed by atoms with Crippen molar-refractivity contribution in [3.63, 3.8) is 0 Å². The van der Waals surface area contributed by atoms with E-state index in [1.165, 1.54) is 16.7 Å². The van der Waals surface area contributed by atoms with Gasteiger partial charge in [0.2, 0.25) is 0 Å². The Hall–Kier alpha value is -1.73. The topological polar surface area (TPSA) is 59.5 Å². The fraction of sp³-hybridized carbons (Fsp3) is 0.333. The first-order valence-corrected chi connectivity index (χ1v) is 8.01. The summed E-state index contributed by atoms with van der Waals surface area (Å²) in [5.74, 6) is -0.467. The van der Waals surface area contributed by atoms with Crippen LogP contribution >= 0.6 is 24.0 Å². The summed E-state index contributed by atoms with van der Waals surface area (Å²) in [6, 6.07) is 3.59. The van der Waals surface area contributed by atoms with E-state index in [-0.39, 0.29) is 18.4 Å². The Morgan fingerprint density at radius 3 is 2.77 bits per heavy atom. The van der Waals surface area contributed by atoms with Crippen molar-refractivity contribution < 1.29 is 14.3 Å². The van der Waals surface area contributed by atoms with Crippen LogP contribution in [0.2, 0.25) is 0 Å². The molecule has 1 aromatic heterocycles. The van der Waals surface area contributed by atoms with E-state index < -0.39 is 5.97 Å². The smallest absolute Gasteiger partial charge is 0.326 e. The monoisotopic (exact) mass is 336 g/mol. The molecule has 0 aromatic carbocycles. The third-order valence-electron chi connectivity index (χ3n) is 2.74. The number of ether oxygens (including phenoxy) is 1. The van der Waals surface area contributed by atoms with E-state index in [2.05, 4.69) is 4.98 Å². The van der Waals surface area contributed by atoms with Gasteiger partial charge in [-0.25, -0.2) is 0 Å². The Labute approximate surface area is 138 Å². The van der Waals surface area contributed by atoms with Gasteiger partial charge in [-0.1, -0.05) is 37.8 Å². The van der Waals surface area contributed by atoms with E-state index in [4.69, 9.17) is 17.0 Å². The molecule has 7 heteroatoms. The van der Waals surface area contributed by atoms with Gasteiger partial charge in [-0.3, -0.25) is 19.5 Å².